The fourth-order valence-corrected chi connectivity index (χ4v) is 5.48. The molecule has 0 aliphatic carbocycles. The molecule has 1 aliphatic heterocycles. The Labute approximate surface area is 201 Å². The molecule has 184 valence electrons. The lowest BCUT2D eigenvalue weighted by Gasteiger charge is -2.32. The summed E-state index contributed by atoms with van der Waals surface area (Å²) in [4.78, 5) is 26.0. The van der Waals surface area contributed by atoms with E-state index in [4.69, 9.17) is 4.74 Å². The van der Waals surface area contributed by atoms with Gasteiger partial charge in [-0.2, -0.15) is 4.31 Å². The zero-order valence-corrected chi connectivity index (χ0v) is 20.7. The van der Waals surface area contributed by atoms with Crippen LogP contribution in [0.3, 0.4) is 0 Å². The molecular weight excluding hydrogens is 454 g/mol. The van der Waals surface area contributed by atoms with E-state index in [1.54, 1.807) is 37.4 Å². The highest BCUT2D eigenvalue weighted by Crippen LogP contribution is 2.24. The maximum atomic E-state index is 12.9. The lowest BCUT2D eigenvalue weighted by molar-refractivity contribution is -0.132. The Morgan fingerprint density at radius 3 is 2.35 bits per heavy atom. The fourth-order valence-electron chi connectivity index (χ4n) is 3.99. The van der Waals surface area contributed by atoms with Crippen molar-refractivity contribution in [3.63, 3.8) is 0 Å². The van der Waals surface area contributed by atoms with Crippen LogP contribution in [0.1, 0.15) is 32.3 Å². The third-order valence-corrected chi connectivity index (χ3v) is 7.97. The highest BCUT2D eigenvalue weighted by molar-refractivity contribution is 7.89. The van der Waals surface area contributed by atoms with Crippen LogP contribution in [0, 0.1) is 11.8 Å². The summed E-state index contributed by atoms with van der Waals surface area (Å²) in [7, 11) is -1.98. The van der Waals surface area contributed by atoms with E-state index in [0.717, 1.165) is 5.56 Å². The lowest BCUT2D eigenvalue weighted by Crippen LogP contribution is -2.52. The molecule has 3 rings (SSSR count). The lowest BCUT2D eigenvalue weighted by atomic mass is 9.95. The number of nitrogens with zero attached hydrogens (tertiary/aromatic N) is 1. The van der Waals surface area contributed by atoms with Crippen LogP contribution in [0.5, 0.6) is 5.75 Å². The molecule has 1 heterocycles. The number of piperidine rings is 1. The van der Waals surface area contributed by atoms with Crippen molar-refractivity contribution in [1.29, 1.82) is 0 Å². The first-order valence-electron chi connectivity index (χ1n) is 11.5. The van der Waals surface area contributed by atoms with Gasteiger partial charge in [0.15, 0.2) is 0 Å². The molecule has 1 unspecified atom stereocenters. The van der Waals surface area contributed by atoms with Gasteiger partial charge in [-0.25, -0.2) is 8.42 Å². The summed E-state index contributed by atoms with van der Waals surface area (Å²) < 4.78 is 32.3. The molecule has 9 heteroatoms. The van der Waals surface area contributed by atoms with Crippen LogP contribution >= 0.6 is 0 Å². The van der Waals surface area contributed by atoms with Gasteiger partial charge < -0.3 is 15.4 Å². The summed E-state index contributed by atoms with van der Waals surface area (Å²) in [5, 5.41) is 5.77. The maximum absolute atomic E-state index is 12.9. The highest BCUT2D eigenvalue weighted by Gasteiger charge is 2.34. The Balaban J connectivity index is 1.55. The van der Waals surface area contributed by atoms with Gasteiger partial charge in [-0.15, -0.1) is 0 Å². The van der Waals surface area contributed by atoms with Gasteiger partial charge in [0, 0.05) is 25.6 Å². The summed E-state index contributed by atoms with van der Waals surface area (Å²) in [6.07, 6.45) is 0.822. The topological polar surface area (TPSA) is 105 Å². The number of amides is 2. The molecule has 0 radical (unpaired) electrons. The number of carbonyl (C=O) groups excluding carboxylic acids is 2. The standard InChI is InChI=1S/C25H33N3O5S/c1-18(2)23(25(30)26-17-19-8-7-9-21(16-19)33-3)27-24(29)20-12-14-28(15-13-20)34(31,32)22-10-5-4-6-11-22/h4-11,16,18,20,23H,12-15,17H2,1-3H3,(H,26,30)(H,27,29). The molecule has 0 aromatic heterocycles. The van der Waals surface area contributed by atoms with Crippen molar-refractivity contribution in [2.24, 2.45) is 11.8 Å². The monoisotopic (exact) mass is 487 g/mol. The van der Waals surface area contributed by atoms with Crippen molar-refractivity contribution in [2.45, 2.75) is 44.2 Å². The number of methoxy groups -OCH3 is 1. The molecule has 1 fully saturated rings. The average molecular weight is 488 g/mol. The van der Waals surface area contributed by atoms with Crippen LogP contribution in [0.4, 0.5) is 0 Å². The van der Waals surface area contributed by atoms with Crippen molar-refractivity contribution in [3.8, 4) is 5.75 Å². The van der Waals surface area contributed by atoms with Crippen LogP contribution in [0.2, 0.25) is 0 Å². The molecule has 2 amide bonds. The summed E-state index contributed by atoms with van der Waals surface area (Å²) in [6, 6.07) is 15.1. The predicted octanol–water partition coefficient (Wildman–Crippen LogP) is 2.55. The van der Waals surface area contributed by atoms with Gasteiger partial charge in [0.05, 0.1) is 12.0 Å². The predicted molar refractivity (Wildman–Crippen MR) is 130 cm³/mol. The molecule has 8 nitrogen and oxygen atoms in total. The number of nitrogens with one attached hydrogen (secondary N) is 2. The number of carbonyl (C=O) groups is 2. The summed E-state index contributed by atoms with van der Waals surface area (Å²) in [6.45, 7) is 4.62. The fraction of sp³-hybridized carbons (Fsp3) is 0.440. The molecule has 1 saturated heterocycles. The van der Waals surface area contributed by atoms with Gasteiger partial charge in [0.2, 0.25) is 21.8 Å². The second-order valence-electron chi connectivity index (χ2n) is 8.79. The Morgan fingerprint density at radius 1 is 1.06 bits per heavy atom. The van der Waals surface area contributed by atoms with Crippen molar-refractivity contribution < 1.29 is 22.7 Å². The van der Waals surface area contributed by atoms with E-state index in [-0.39, 0.29) is 41.6 Å². The largest absolute Gasteiger partial charge is 0.497 e. The smallest absolute Gasteiger partial charge is 0.243 e. The van der Waals surface area contributed by atoms with E-state index in [0.29, 0.717) is 25.1 Å². The first kappa shape index (κ1) is 25.7. The van der Waals surface area contributed by atoms with Crippen molar-refractivity contribution in [2.75, 3.05) is 20.2 Å². The zero-order chi connectivity index (χ0) is 24.7. The Morgan fingerprint density at radius 2 is 1.74 bits per heavy atom. The second kappa shape index (κ2) is 11.5. The number of benzene rings is 2. The number of hydrogen-bond acceptors (Lipinski definition) is 5. The number of sulfonamides is 1. The number of ether oxygens (including phenoxy) is 1. The van der Waals surface area contributed by atoms with Gasteiger partial charge in [-0.05, 0) is 48.6 Å². The minimum atomic E-state index is -3.57. The number of hydrogen-bond donors (Lipinski definition) is 2. The maximum Gasteiger partial charge on any atom is 0.243 e. The third kappa shape index (κ3) is 6.36. The summed E-state index contributed by atoms with van der Waals surface area (Å²) in [5.74, 6) is -0.203. The van der Waals surface area contributed by atoms with Gasteiger partial charge in [0.25, 0.3) is 0 Å². The summed E-state index contributed by atoms with van der Waals surface area (Å²) in [5.41, 5.74) is 0.897. The molecule has 34 heavy (non-hydrogen) atoms. The van der Waals surface area contributed by atoms with Gasteiger partial charge in [-0.1, -0.05) is 44.2 Å². The van der Waals surface area contributed by atoms with Gasteiger partial charge in [0.1, 0.15) is 11.8 Å². The molecule has 0 bridgehead atoms. The average Bonchev–Trinajstić information content (AvgIpc) is 2.86. The highest BCUT2D eigenvalue weighted by atomic mass is 32.2. The molecular formula is C25H33N3O5S. The Kier molecular flexibility index (Phi) is 8.68. The minimum Gasteiger partial charge on any atom is -0.497 e. The SMILES string of the molecule is COc1cccc(CNC(=O)C(NC(=O)C2CCN(S(=O)(=O)c3ccccc3)CC2)C(C)C)c1. The van der Waals surface area contributed by atoms with Crippen LogP contribution in [0.15, 0.2) is 59.5 Å². The molecule has 2 N–H and O–H groups in total. The van der Waals surface area contributed by atoms with E-state index in [1.165, 1.54) is 4.31 Å². The van der Waals surface area contributed by atoms with E-state index >= 15 is 0 Å². The first-order chi connectivity index (χ1) is 16.2. The van der Waals surface area contributed by atoms with Crippen LogP contribution in [-0.2, 0) is 26.2 Å². The minimum absolute atomic E-state index is 0.104. The van der Waals surface area contributed by atoms with E-state index < -0.39 is 16.1 Å². The van der Waals surface area contributed by atoms with Crippen molar-refractivity contribution in [3.05, 3.63) is 60.2 Å². The van der Waals surface area contributed by atoms with E-state index in [2.05, 4.69) is 10.6 Å². The summed E-state index contributed by atoms with van der Waals surface area (Å²) >= 11 is 0. The number of rotatable bonds is 9. The Bertz CT molecular complexity index is 1080. The third-order valence-electron chi connectivity index (χ3n) is 6.05. The van der Waals surface area contributed by atoms with Crippen LogP contribution in [-0.4, -0.2) is 50.8 Å². The molecule has 0 saturated carbocycles. The van der Waals surface area contributed by atoms with E-state index in [9.17, 15) is 18.0 Å². The molecule has 1 aliphatic rings. The van der Waals surface area contributed by atoms with Gasteiger partial charge >= 0.3 is 0 Å². The zero-order valence-electron chi connectivity index (χ0n) is 19.9. The van der Waals surface area contributed by atoms with Crippen LogP contribution in [0.25, 0.3) is 0 Å². The molecule has 0 spiro atoms. The molecule has 1 atom stereocenters. The normalized spacial score (nSPS) is 16.1. The Hall–Kier alpha value is -2.91. The van der Waals surface area contributed by atoms with E-state index in [1.807, 2.05) is 38.1 Å². The second-order valence-corrected chi connectivity index (χ2v) is 10.7. The molecule has 2 aromatic rings. The first-order valence-corrected chi connectivity index (χ1v) is 12.9. The van der Waals surface area contributed by atoms with Crippen molar-refractivity contribution >= 4 is 21.8 Å². The molecule has 2 aromatic carbocycles. The van der Waals surface area contributed by atoms with Crippen LogP contribution < -0.4 is 15.4 Å². The van der Waals surface area contributed by atoms with Crippen molar-refractivity contribution in [1.82, 2.24) is 14.9 Å². The van der Waals surface area contributed by atoms with Gasteiger partial charge in [-0.3, -0.25) is 9.59 Å². The quantitative estimate of drug-likeness (QED) is 0.566.